The lowest BCUT2D eigenvalue weighted by Crippen LogP contribution is -2.40. The van der Waals surface area contributed by atoms with E-state index in [9.17, 15) is 0 Å². The molecule has 1 atom stereocenters. The zero-order chi connectivity index (χ0) is 10.1. The first-order valence-corrected chi connectivity index (χ1v) is 5.25. The molecule has 0 aliphatic carbocycles. The summed E-state index contributed by atoms with van der Waals surface area (Å²) in [5.41, 5.74) is 0. The van der Waals surface area contributed by atoms with Crippen LogP contribution in [0.1, 0.15) is 20.3 Å². The van der Waals surface area contributed by atoms with E-state index in [-0.39, 0.29) is 0 Å². The van der Waals surface area contributed by atoms with Gasteiger partial charge in [0, 0.05) is 12.6 Å². The fourth-order valence-corrected chi connectivity index (χ4v) is 1.32. The van der Waals surface area contributed by atoms with Crippen LogP contribution in [0.2, 0.25) is 0 Å². The third-order valence-corrected chi connectivity index (χ3v) is 2.32. The van der Waals surface area contributed by atoms with Gasteiger partial charge in [-0.3, -0.25) is 0 Å². The molecule has 0 radical (unpaired) electrons. The van der Waals surface area contributed by atoms with Gasteiger partial charge in [0.2, 0.25) is 0 Å². The third-order valence-electron chi connectivity index (χ3n) is 2.32. The van der Waals surface area contributed by atoms with Gasteiger partial charge in [-0.15, -0.1) is 0 Å². The van der Waals surface area contributed by atoms with Gasteiger partial charge in [0.15, 0.2) is 0 Å². The molecule has 80 valence electrons. The van der Waals surface area contributed by atoms with Crippen molar-refractivity contribution in [1.82, 2.24) is 16.0 Å². The molecule has 0 fully saturated rings. The highest BCUT2D eigenvalue weighted by atomic mass is 15.0. The lowest BCUT2D eigenvalue weighted by atomic mass is 10.1. The van der Waals surface area contributed by atoms with E-state index in [1.54, 1.807) is 0 Å². The smallest absolute Gasteiger partial charge is 0.0212 e. The van der Waals surface area contributed by atoms with Gasteiger partial charge >= 0.3 is 0 Å². The summed E-state index contributed by atoms with van der Waals surface area (Å²) in [6.07, 6.45) is 1.20. The molecule has 1 unspecified atom stereocenters. The second-order valence-electron chi connectivity index (χ2n) is 3.80. The molecule has 13 heavy (non-hydrogen) atoms. The van der Waals surface area contributed by atoms with E-state index < -0.39 is 0 Å². The van der Waals surface area contributed by atoms with Gasteiger partial charge in [-0.25, -0.2) is 0 Å². The quantitative estimate of drug-likeness (QED) is 0.482. The summed E-state index contributed by atoms with van der Waals surface area (Å²) in [7, 11) is 4.02. The molecule has 0 aliphatic heterocycles. The predicted octanol–water partition coefficient (Wildman–Crippen LogP) is 0.430. The van der Waals surface area contributed by atoms with Crippen molar-refractivity contribution in [3.05, 3.63) is 0 Å². The van der Waals surface area contributed by atoms with Crippen molar-refractivity contribution in [2.75, 3.05) is 33.7 Å². The molecular formula is C10H25N3. The van der Waals surface area contributed by atoms with Crippen molar-refractivity contribution in [2.45, 2.75) is 26.3 Å². The van der Waals surface area contributed by atoms with Crippen LogP contribution in [0.4, 0.5) is 0 Å². The molecule has 0 aromatic carbocycles. The fraction of sp³-hybridized carbons (Fsp3) is 1.00. The molecule has 0 aromatic rings. The van der Waals surface area contributed by atoms with E-state index in [0.717, 1.165) is 19.6 Å². The molecule has 0 spiro atoms. The Morgan fingerprint density at radius 1 is 1.08 bits per heavy atom. The molecule has 0 aliphatic rings. The van der Waals surface area contributed by atoms with Crippen LogP contribution in [-0.4, -0.2) is 39.8 Å². The summed E-state index contributed by atoms with van der Waals surface area (Å²) in [5.74, 6) is 0.696. The highest BCUT2D eigenvalue weighted by molar-refractivity contribution is 4.70. The van der Waals surface area contributed by atoms with Gasteiger partial charge in [-0.05, 0) is 39.5 Å². The summed E-state index contributed by atoms with van der Waals surface area (Å²) in [5, 5.41) is 9.90. The number of hydrogen-bond acceptors (Lipinski definition) is 3. The normalized spacial score (nSPS) is 13.6. The maximum absolute atomic E-state index is 3.45. The van der Waals surface area contributed by atoms with E-state index in [1.165, 1.54) is 6.42 Å². The summed E-state index contributed by atoms with van der Waals surface area (Å²) in [4.78, 5) is 0. The molecule has 0 saturated carbocycles. The van der Waals surface area contributed by atoms with Gasteiger partial charge in [-0.2, -0.15) is 0 Å². The van der Waals surface area contributed by atoms with Crippen molar-refractivity contribution in [3.63, 3.8) is 0 Å². The van der Waals surface area contributed by atoms with Crippen LogP contribution in [0.3, 0.4) is 0 Å². The Labute approximate surface area is 82.7 Å². The minimum atomic E-state index is 0.592. The van der Waals surface area contributed by atoms with E-state index >= 15 is 0 Å². The zero-order valence-electron chi connectivity index (χ0n) is 9.48. The molecule has 0 amide bonds. The molecule has 0 aromatic heterocycles. The lowest BCUT2D eigenvalue weighted by Gasteiger charge is -2.20. The van der Waals surface area contributed by atoms with Crippen LogP contribution < -0.4 is 16.0 Å². The Balaban J connectivity index is 3.28. The minimum absolute atomic E-state index is 0.592. The van der Waals surface area contributed by atoms with Gasteiger partial charge in [0.25, 0.3) is 0 Å². The highest BCUT2D eigenvalue weighted by Gasteiger charge is 2.08. The second kappa shape index (κ2) is 8.48. The van der Waals surface area contributed by atoms with Crippen LogP contribution in [0.15, 0.2) is 0 Å². The van der Waals surface area contributed by atoms with Gasteiger partial charge in [0.1, 0.15) is 0 Å². The summed E-state index contributed by atoms with van der Waals surface area (Å²) < 4.78 is 0. The average molecular weight is 187 g/mol. The summed E-state index contributed by atoms with van der Waals surface area (Å²) >= 11 is 0. The highest BCUT2D eigenvalue weighted by Crippen LogP contribution is 1.98. The molecule has 0 saturated heterocycles. The lowest BCUT2D eigenvalue weighted by molar-refractivity contribution is 0.401. The summed E-state index contributed by atoms with van der Waals surface area (Å²) in [6, 6.07) is 0.592. The second-order valence-corrected chi connectivity index (χ2v) is 3.80. The van der Waals surface area contributed by atoms with E-state index in [0.29, 0.717) is 12.0 Å². The molecule has 0 heterocycles. The standard InChI is InChI=1S/C10H25N3/c1-9(2)10(12-4)8-13-7-5-6-11-3/h9-13H,5-8H2,1-4H3. The number of likely N-dealkylation sites (N-methyl/N-ethyl adjacent to an activating group) is 1. The molecule has 3 heteroatoms. The SMILES string of the molecule is CNCCCNCC(NC)C(C)C. The van der Waals surface area contributed by atoms with Crippen LogP contribution in [0, 0.1) is 5.92 Å². The van der Waals surface area contributed by atoms with E-state index in [1.807, 2.05) is 14.1 Å². The maximum atomic E-state index is 3.45. The van der Waals surface area contributed by atoms with Gasteiger partial charge < -0.3 is 16.0 Å². The van der Waals surface area contributed by atoms with Crippen LogP contribution in [0.5, 0.6) is 0 Å². The number of nitrogens with one attached hydrogen (secondary N) is 3. The van der Waals surface area contributed by atoms with Crippen molar-refractivity contribution in [2.24, 2.45) is 5.92 Å². The number of hydrogen-bond donors (Lipinski definition) is 3. The fourth-order valence-electron chi connectivity index (χ4n) is 1.32. The van der Waals surface area contributed by atoms with Gasteiger partial charge in [0.05, 0.1) is 0 Å². The summed E-state index contributed by atoms with van der Waals surface area (Å²) in [6.45, 7) is 7.76. The maximum Gasteiger partial charge on any atom is 0.0212 e. The topological polar surface area (TPSA) is 36.1 Å². The molecule has 0 rings (SSSR count). The Hall–Kier alpha value is -0.120. The first-order chi connectivity index (χ1) is 6.22. The van der Waals surface area contributed by atoms with Crippen molar-refractivity contribution in [3.8, 4) is 0 Å². The first-order valence-electron chi connectivity index (χ1n) is 5.25. The van der Waals surface area contributed by atoms with Gasteiger partial charge in [-0.1, -0.05) is 13.8 Å². The molecule has 0 bridgehead atoms. The van der Waals surface area contributed by atoms with Crippen LogP contribution >= 0.6 is 0 Å². The number of rotatable bonds is 8. The Kier molecular flexibility index (Phi) is 8.40. The van der Waals surface area contributed by atoms with Crippen LogP contribution in [-0.2, 0) is 0 Å². The monoisotopic (exact) mass is 187 g/mol. The van der Waals surface area contributed by atoms with Crippen molar-refractivity contribution < 1.29 is 0 Å². The molecular weight excluding hydrogens is 162 g/mol. The Morgan fingerprint density at radius 2 is 1.77 bits per heavy atom. The van der Waals surface area contributed by atoms with Crippen LogP contribution in [0.25, 0.3) is 0 Å². The molecule has 3 nitrogen and oxygen atoms in total. The predicted molar refractivity (Wildman–Crippen MR) is 59.1 cm³/mol. The Morgan fingerprint density at radius 3 is 2.23 bits per heavy atom. The average Bonchev–Trinajstić information content (AvgIpc) is 2.10. The zero-order valence-corrected chi connectivity index (χ0v) is 9.48. The van der Waals surface area contributed by atoms with E-state index in [2.05, 4.69) is 29.8 Å². The molecule has 3 N–H and O–H groups in total. The Bertz CT molecular complexity index is 104. The minimum Gasteiger partial charge on any atom is -0.320 e. The van der Waals surface area contributed by atoms with Crippen molar-refractivity contribution >= 4 is 0 Å². The van der Waals surface area contributed by atoms with E-state index in [4.69, 9.17) is 0 Å². The van der Waals surface area contributed by atoms with Crippen molar-refractivity contribution in [1.29, 1.82) is 0 Å². The first kappa shape index (κ1) is 12.9. The largest absolute Gasteiger partial charge is 0.320 e. The third kappa shape index (κ3) is 6.99.